The maximum absolute atomic E-state index is 6.04. The average molecular weight is 312 g/mol. The van der Waals surface area contributed by atoms with Crippen LogP contribution < -0.4 is 0 Å². The molecule has 122 valence electrons. The van der Waals surface area contributed by atoms with E-state index >= 15 is 0 Å². The number of pyridine rings is 1. The van der Waals surface area contributed by atoms with Crippen molar-refractivity contribution in [2.45, 2.75) is 38.6 Å². The van der Waals surface area contributed by atoms with Gasteiger partial charge >= 0.3 is 0 Å². The number of rotatable bonds is 7. The van der Waals surface area contributed by atoms with Gasteiger partial charge in [-0.1, -0.05) is 12.1 Å². The van der Waals surface area contributed by atoms with Crippen LogP contribution in [0.25, 0.3) is 0 Å². The van der Waals surface area contributed by atoms with Crippen molar-refractivity contribution < 1.29 is 4.74 Å². The van der Waals surface area contributed by atoms with Gasteiger partial charge in [-0.15, -0.1) is 6.58 Å². The summed E-state index contributed by atoms with van der Waals surface area (Å²) in [5.74, 6) is 0. The van der Waals surface area contributed by atoms with Crippen LogP contribution in [-0.2, 0) is 24.4 Å². The highest BCUT2D eigenvalue weighted by atomic mass is 16.5. The van der Waals surface area contributed by atoms with Gasteiger partial charge in [0.1, 0.15) is 0 Å². The Morgan fingerprint density at radius 1 is 1.39 bits per heavy atom. The third-order valence-electron chi connectivity index (χ3n) is 4.06. The Bertz CT molecular complexity index is 610. The molecule has 0 radical (unpaired) electrons. The number of likely N-dealkylation sites (tertiary alicyclic amines) is 1. The van der Waals surface area contributed by atoms with E-state index in [1.54, 1.807) is 0 Å². The number of allylic oxidation sites excluding steroid dienone is 1. The van der Waals surface area contributed by atoms with Crippen molar-refractivity contribution >= 4 is 0 Å². The molecule has 1 unspecified atom stereocenters. The second kappa shape index (κ2) is 8.04. The number of hydrogen-bond acceptors (Lipinski definition) is 4. The summed E-state index contributed by atoms with van der Waals surface area (Å²) >= 11 is 0. The van der Waals surface area contributed by atoms with E-state index in [9.17, 15) is 0 Å². The summed E-state index contributed by atoms with van der Waals surface area (Å²) in [6, 6.07) is 5.94. The summed E-state index contributed by atoms with van der Waals surface area (Å²) in [4.78, 5) is 6.76. The van der Waals surface area contributed by atoms with Crippen LogP contribution in [-0.4, -0.2) is 38.9 Å². The molecule has 1 aliphatic heterocycles. The Balaban J connectivity index is 1.48. The van der Waals surface area contributed by atoms with Crippen molar-refractivity contribution in [1.82, 2.24) is 19.7 Å². The topological polar surface area (TPSA) is 43.2 Å². The first kappa shape index (κ1) is 15.9. The molecule has 0 N–H and O–H groups in total. The molecule has 2 aromatic heterocycles. The van der Waals surface area contributed by atoms with Crippen molar-refractivity contribution in [1.29, 1.82) is 0 Å². The average Bonchev–Trinajstić information content (AvgIpc) is 3.02. The Labute approximate surface area is 137 Å². The highest BCUT2D eigenvalue weighted by molar-refractivity contribution is 5.05. The summed E-state index contributed by atoms with van der Waals surface area (Å²) in [5, 5.41) is 4.35. The van der Waals surface area contributed by atoms with Gasteiger partial charge in [-0.05, 0) is 31.5 Å². The molecule has 1 atom stereocenters. The Morgan fingerprint density at radius 2 is 2.35 bits per heavy atom. The first-order valence-electron chi connectivity index (χ1n) is 8.19. The van der Waals surface area contributed by atoms with Gasteiger partial charge in [0.15, 0.2) is 0 Å². The van der Waals surface area contributed by atoms with Crippen molar-refractivity contribution in [2.24, 2.45) is 0 Å². The highest BCUT2D eigenvalue weighted by Gasteiger charge is 2.21. The lowest BCUT2D eigenvalue weighted by molar-refractivity contribution is -0.0132. The summed E-state index contributed by atoms with van der Waals surface area (Å²) < 4.78 is 7.96. The first-order valence-corrected chi connectivity index (χ1v) is 8.19. The van der Waals surface area contributed by atoms with Gasteiger partial charge in [-0.2, -0.15) is 5.10 Å². The molecule has 3 heterocycles. The molecule has 0 spiro atoms. The largest absolute Gasteiger partial charge is 0.371 e. The number of aromatic nitrogens is 3. The van der Waals surface area contributed by atoms with Crippen LogP contribution >= 0.6 is 0 Å². The summed E-state index contributed by atoms with van der Waals surface area (Å²) in [6.07, 6.45) is 10.3. The third-order valence-corrected chi connectivity index (χ3v) is 4.06. The van der Waals surface area contributed by atoms with Gasteiger partial charge in [-0.3, -0.25) is 14.6 Å². The van der Waals surface area contributed by atoms with E-state index in [0.717, 1.165) is 38.3 Å². The second-order valence-electron chi connectivity index (χ2n) is 5.99. The van der Waals surface area contributed by atoms with E-state index in [1.165, 1.54) is 12.0 Å². The fourth-order valence-electron chi connectivity index (χ4n) is 2.96. The van der Waals surface area contributed by atoms with Crippen molar-refractivity contribution in [3.05, 3.63) is 60.7 Å². The van der Waals surface area contributed by atoms with Crippen LogP contribution in [0.3, 0.4) is 0 Å². The zero-order valence-electron chi connectivity index (χ0n) is 13.5. The maximum atomic E-state index is 6.04. The molecular weight excluding hydrogens is 288 g/mol. The van der Waals surface area contributed by atoms with Crippen molar-refractivity contribution in [3.8, 4) is 0 Å². The zero-order valence-corrected chi connectivity index (χ0v) is 13.5. The minimum atomic E-state index is 0.286. The minimum Gasteiger partial charge on any atom is -0.371 e. The fourth-order valence-corrected chi connectivity index (χ4v) is 2.96. The molecule has 5 heteroatoms. The van der Waals surface area contributed by atoms with Gasteiger partial charge < -0.3 is 4.74 Å². The van der Waals surface area contributed by atoms with E-state index in [-0.39, 0.29) is 6.10 Å². The lowest BCUT2D eigenvalue weighted by Gasteiger charge is -2.32. The molecule has 3 rings (SSSR count). The minimum absolute atomic E-state index is 0.286. The van der Waals surface area contributed by atoms with E-state index in [2.05, 4.69) is 27.8 Å². The van der Waals surface area contributed by atoms with Gasteiger partial charge in [0.25, 0.3) is 0 Å². The maximum Gasteiger partial charge on any atom is 0.0892 e. The predicted molar refractivity (Wildman–Crippen MR) is 89.7 cm³/mol. The quantitative estimate of drug-likeness (QED) is 0.737. The molecule has 1 aliphatic rings. The molecule has 5 nitrogen and oxygen atoms in total. The normalized spacial score (nSPS) is 18.9. The summed E-state index contributed by atoms with van der Waals surface area (Å²) in [5.41, 5.74) is 2.24. The molecule has 0 saturated carbocycles. The van der Waals surface area contributed by atoms with Crippen LogP contribution in [0, 0.1) is 0 Å². The number of ether oxygens (including phenoxy) is 1. The van der Waals surface area contributed by atoms with Crippen LogP contribution in [0.2, 0.25) is 0 Å². The number of piperidine rings is 1. The zero-order chi connectivity index (χ0) is 15.9. The first-order chi connectivity index (χ1) is 11.3. The van der Waals surface area contributed by atoms with Crippen molar-refractivity contribution in [3.63, 3.8) is 0 Å². The van der Waals surface area contributed by atoms with Crippen LogP contribution in [0.5, 0.6) is 0 Å². The lowest BCUT2D eigenvalue weighted by atomic mass is 10.1. The van der Waals surface area contributed by atoms with Crippen LogP contribution in [0.15, 0.2) is 49.4 Å². The van der Waals surface area contributed by atoms with E-state index < -0.39 is 0 Å². The molecule has 0 aromatic carbocycles. The predicted octanol–water partition coefficient (Wildman–Crippen LogP) is 2.65. The van der Waals surface area contributed by atoms with Crippen LogP contribution in [0.1, 0.15) is 24.1 Å². The highest BCUT2D eigenvalue weighted by Crippen LogP contribution is 2.17. The SMILES string of the molecule is C=CCn1cc(CN2CCCC(OCc3ccccn3)C2)cn1. The second-order valence-corrected chi connectivity index (χ2v) is 5.99. The fraction of sp³-hybridized carbons (Fsp3) is 0.444. The van der Waals surface area contributed by atoms with Gasteiger partial charge in [0, 0.05) is 31.0 Å². The van der Waals surface area contributed by atoms with Gasteiger partial charge in [0.05, 0.1) is 31.1 Å². The van der Waals surface area contributed by atoms with Crippen LogP contribution in [0.4, 0.5) is 0 Å². The number of hydrogen-bond donors (Lipinski definition) is 0. The van der Waals surface area contributed by atoms with Gasteiger partial charge in [-0.25, -0.2) is 0 Å². The molecule has 1 fully saturated rings. The Kier molecular flexibility index (Phi) is 5.56. The Hall–Kier alpha value is -1.98. The van der Waals surface area contributed by atoms with Gasteiger partial charge in [0.2, 0.25) is 0 Å². The molecule has 2 aromatic rings. The molecule has 0 aliphatic carbocycles. The molecular formula is C18H24N4O. The van der Waals surface area contributed by atoms with Crippen molar-refractivity contribution in [2.75, 3.05) is 13.1 Å². The molecule has 1 saturated heterocycles. The smallest absolute Gasteiger partial charge is 0.0892 e. The third kappa shape index (κ3) is 4.74. The summed E-state index contributed by atoms with van der Waals surface area (Å²) in [6.45, 7) is 8.12. The standard InChI is InChI=1S/C18H24N4O/c1-2-9-22-13-16(11-20-22)12-21-10-5-7-18(14-21)23-15-17-6-3-4-8-19-17/h2-4,6,8,11,13,18H,1,5,7,9-10,12,14-15H2. The van der Waals surface area contributed by atoms with E-state index in [4.69, 9.17) is 4.74 Å². The molecule has 0 bridgehead atoms. The molecule has 23 heavy (non-hydrogen) atoms. The lowest BCUT2D eigenvalue weighted by Crippen LogP contribution is -2.39. The summed E-state index contributed by atoms with van der Waals surface area (Å²) in [7, 11) is 0. The Morgan fingerprint density at radius 3 is 3.17 bits per heavy atom. The monoisotopic (exact) mass is 312 g/mol. The number of nitrogens with zero attached hydrogens (tertiary/aromatic N) is 4. The van der Waals surface area contributed by atoms with E-state index in [1.807, 2.05) is 41.4 Å². The molecule has 0 amide bonds. The van der Waals surface area contributed by atoms with E-state index in [0.29, 0.717) is 6.61 Å².